The van der Waals surface area contributed by atoms with Crippen LogP contribution >= 0.6 is 12.6 Å². The number of rotatable bonds is 8. The second-order valence-corrected chi connectivity index (χ2v) is 5.03. The maximum atomic E-state index is 9.72. The lowest BCUT2D eigenvalue weighted by atomic mass is 10.1. The first-order valence-electron chi connectivity index (χ1n) is 6.39. The number of thiol groups is 1. The van der Waals surface area contributed by atoms with Crippen molar-refractivity contribution in [3.05, 3.63) is 18.2 Å². The molecule has 0 fully saturated rings. The lowest BCUT2D eigenvalue weighted by Gasteiger charge is -2.24. The molecule has 8 heteroatoms. The lowest BCUT2D eigenvalue weighted by molar-refractivity contribution is -0.113. The molecule has 0 bridgehead atoms. The number of nitrogens with one attached hydrogen (secondary N) is 1. The van der Waals surface area contributed by atoms with Gasteiger partial charge in [0.2, 0.25) is 0 Å². The van der Waals surface area contributed by atoms with Crippen molar-refractivity contribution in [1.29, 1.82) is 0 Å². The molecule has 7 nitrogen and oxygen atoms in total. The van der Waals surface area contributed by atoms with Crippen LogP contribution in [0.25, 0.3) is 0 Å². The molecule has 0 aliphatic heterocycles. The van der Waals surface area contributed by atoms with Crippen LogP contribution < -0.4 is 10.1 Å². The highest BCUT2D eigenvalue weighted by Gasteiger charge is 2.26. The SMILES string of the molecule is CNc1ccc(OC(O)CC(O)C(O)C(O)CO)cc1S. The van der Waals surface area contributed by atoms with Crippen LogP contribution in [0.3, 0.4) is 0 Å². The van der Waals surface area contributed by atoms with Gasteiger partial charge < -0.3 is 35.6 Å². The Morgan fingerprint density at radius 2 is 1.86 bits per heavy atom. The highest BCUT2D eigenvalue weighted by Crippen LogP contribution is 2.25. The molecule has 21 heavy (non-hydrogen) atoms. The van der Waals surface area contributed by atoms with Crippen molar-refractivity contribution in [3.8, 4) is 5.75 Å². The Kier molecular flexibility index (Phi) is 7.23. The Labute approximate surface area is 128 Å². The number of aliphatic hydroxyl groups excluding tert-OH is 5. The number of hydrogen-bond acceptors (Lipinski definition) is 8. The van der Waals surface area contributed by atoms with E-state index < -0.39 is 31.2 Å². The van der Waals surface area contributed by atoms with E-state index in [9.17, 15) is 20.4 Å². The molecule has 0 aliphatic carbocycles. The minimum atomic E-state index is -1.57. The van der Waals surface area contributed by atoms with Crippen molar-refractivity contribution in [2.24, 2.45) is 0 Å². The summed E-state index contributed by atoms with van der Waals surface area (Å²) in [6.45, 7) is -0.691. The second-order valence-electron chi connectivity index (χ2n) is 4.55. The molecule has 0 amide bonds. The van der Waals surface area contributed by atoms with Crippen LogP contribution in [0.1, 0.15) is 6.42 Å². The minimum Gasteiger partial charge on any atom is -0.465 e. The highest BCUT2D eigenvalue weighted by atomic mass is 32.1. The van der Waals surface area contributed by atoms with Gasteiger partial charge in [0.15, 0.2) is 6.29 Å². The first-order valence-corrected chi connectivity index (χ1v) is 6.84. The number of aliphatic hydroxyl groups is 5. The number of ether oxygens (including phenoxy) is 1. The Hall–Kier alpha value is -1.03. The summed E-state index contributed by atoms with van der Waals surface area (Å²) in [5.74, 6) is 0.343. The molecule has 120 valence electrons. The summed E-state index contributed by atoms with van der Waals surface area (Å²) in [6.07, 6.45) is -6.19. The van der Waals surface area contributed by atoms with Crippen molar-refractivity contribution in [2.75, 3.05) is 19.0 Å². The molecule has 4 atom stereocenters. The van der Waals surface area contributed by atoms with Crippen LogP contribution in [0, 0.1) is 0 Å². The summed E-state index contributed by atoms with van der Waals surface area (Å²) in [5, 5.41) is 49.6. The van der Waals surface area contributed by atoms with Crippen molar-refractivity contribution < 1.29 is 30.3 Å². The fourth-order valence-corrected chi connectivity index (χ4v) is 2.03. The van der Waals surface area contributed by atoms with Gasteiger partial charge >= 0.3 is 0 Å². The summed E-state index contributed by atoms with van der Waals surface area (Å²) < 4.78 is 5.19. The lowest BCUT2D eigenvalue weighted by Crippen LogP contribution is -2.41. The van der Waals surface area contributed by atoms with Crippen LogP contribution in [0.5, 0.6) is 5.75 Å². The fraction of sp³-hybridized carbons (Fsp3) is 0.538. The standard InChI is InChI=1S/C13H21NO6S/c1-14-8-3-2-7(4-11(8)21)20-12(18)5-9(16)13(19)10(17)6-15/h2-4,9-10,12-19,21H,5-6H2,1H3. The molecule has 0 radical (unpaired) electrons. The molecule has 4 unspecified atom stereocenters. The third-order valence-electron chi connectivity index (χ3n) is 2.93. The van der Waals surface area contributed by atoms with Crippen molar-refractivity contribution in [3.63, 3.8) is 0 Å². The predicted octanol–water partition coefficient (Wildman–Crippen LogP) is -0.821. The van der Waals surface area contributed by atoms with Gasteiger partial charge in [0.25, 0.3) is 0 Å². The summed E-state index contributed by atoms with van der Waals surface area (Å²) in [7, 11) is 1.74. The number of benzene rings is 1. The first-order chi connectivity index (χ1) is 9.88. The zero-order valence-corrected chi connectivity index (χ0v) is 12.4. The summed E-state index contributed by atoms with van der Waals surface area (Å²) in [5.41, 5.74) is 0.793. The average molecular weight is 319 g/mol. The van der Waals surface area contributed by atoms with E-state index in [1.54, 1.807) is 25.2 Å². The zero-order valence-electron chi connectivity index (χ0n) is 11.5. The Balaban J connectivity index is 2.57. The molecule has 6 N–H and O–H groups in total. The van der Waals surface area contributed by atoms with E-state index in [4.69, 9.17) is 9.84 Å². The topological polar surface area (TPSA) is 122 Å². The smallest absolute Gasteiger partial charge is 0.199 e. The second kappa shape index (κ2) is 8.42. The predicted molar refractivity (Wildman–Crippen MR) is 79.6 cm³/mol. The third-order valence-corrected chi connectivity index (χ3v) is 3.30. The average Bonchev–Trinajstić information content (AvgIpc) is 2.45. The van der Waals surface area contributed by atoms with E-state index in [-0.39, 0.29) is 6.42 Å². The molecule has 1 rings (SSSR count). The quantitative estimate of drug-likeness (QED) is 0.247. The normalized spacial score (nSPS) is 16.9. The summed E-state index contributed by atoms with van der Waals surface area (Å²) in [6, 6.07) is 4.91. The van der Waals surface area contributed by atoms with Crippen molar-refractivity contribution >= 4 is 18.3 Å². The molecule has 0 saturated carbocycles. The molecule has 0 spiro atoms. The molecule has 0 heterocycles. The Morgan fingerprint density at radius 3 is 2.38 bits per heavy atom. The minimum absolute atomic E-state index is 0.325. The van der Waals surface area contributed by atoms with Crippen molar-refractivity contribution in [2.45, 2.75) is 35.9 Å². The summed E-state index contributed by atoms with van der Waals surface area (Å²) >= 11 is 4.24. The van der Waals surface area contributed by atoms with E-state index in [0.717, 1.165) is 5.69 Å². The van der Waals surface area contributed by atoms with Crippen LogP contribution in [-0.2, 0) is 0 Å². The maximum absolute atomic E-state index is 9.72. The molecular formula is C13H21NO6S. The van der Waals surface area contributed by atoms with Crippen molar-refractivity contribution in [1.82, 2.24) is 0 Å². The van der Waals surface area contributed by atoms with Crippen LogP contribution in [0.4, 0.5) is 5.69 Å². The van der Waals surface area contributed by atoms with Gasteiger partial charge in [0.1, 0.15) is 18.0 Å². The van der Waals surface area contributed by atoms with E-state index >= 15 is 0 Å². The van der Waals surface area contributed by atoms with Gasteiger partial charge in [-0.1, -0.05) is 0 Å². The number of hydrogen-bond donors (Lipinski definition) is 7. The molecule has 0 saturated heterocycles. The van der Waals surface area contributed by atoms with Gasteiger partial charge in [-0.15, -0.1) is 12.6 Å². The highest BCUT2D eigenvalue weighted by molar-refractivity contribution is 7.80. The molecule has 1 aromatic carbocycles. The summed E-state index contributed by atoms with van der Waals surface area (Å²) in [4.78, 5) is 0.624. The van der Waals surface area contributed by atoms with Gasteiger partial charge in [-0.2, -0.15) is 0 Å². The molecule has 0 aromatic heterocycles. The van der Waals surface area contributed by atoms with Gasteiger partial charge in [-0.3, -0.25) is 0 Å². The van der Waals surface area contributed by atoms with E-state index in [1.165, 1.54) is 0 Å². The largest absolute Gasteiger partial charge is 0.465 e. The van der Waals surface area contributed by atoms with Crippen LogP contribution in [0.15, 0.2) is 23.1 Å². The van der Waals surface area contributed by atoms with E-state index in [0.29, 0.717) is 10.6 Å². The Morgan fingerprint density at radius 1 is 1.19 bits per heavy atom. The zero-order chi connectivity index (χ0) is 16.0. The van der Waals surface area contributed by atoms with E-state index in [1.807, 2.05) is 0 Å². The monoisotopic (exact) mass is 319 g/mol. The first kappa shape index (κ1) is 18.0. The van der Waals surface area contributed by atoms with Gasteiger partial charge in [0, 0.05) is 24.1 Å². The molecule has 1 aromatic rings. The molecule has 0 aliphatic rings. The number of anilines is 1. The maximum Gasteiger partial charge on any atom is 0.199 e. The Bertz CT molecular complexity index is 447. The fourth-order valence-electron chi connectivity index (χ4n) is 1.71. The molecular weight excluding hydrogens is 298 g/mol. The van der Waals surface area contributed by atoms with Gasteiger partial charge in [0.05, 0.1) is 12.7 Å². The van der Waals surface area contributed by atoms with Crippen LogP contribution in [-0.4, -0.2) is 63.8 Å². The van der Waals surface area contributed by atoms with Gasteiger partial charge in [-0.25, -0.2) is 0 Å². The van der Waals surface area contributed by atoms with Gasteiger partial charge in [-0.05, 0) is 18.2 Å². The third kappa shape index (κ3) is 5.34. The van der Waals surface area contributed by atoms with Crippen LogP contribution in [0.2, 0.25) is 0 Å². The van der Waals surface area contributed by atoms with E-state index in [2.05, 4.69) is 17.9 Å².